The SMILES string of the molecule is CC(Oc1ccc(F)cc1Cl)C(=O)N1CCC(C(=O)O)(C(C)C)C1. The smallest absolute Gasteiger partial charge is 0.311 e. The van der Waals surface area contributed by atoms with E-state index in [2.05, 4.69) is 0 Å². The summed E-state index contributed by atoms with van der Waals surface area (Å²) in [5.74, 6) is -1.56. The number of hydrogen-bond donors (Lipinski definition) is 1. The van der Waals surface area contributed by atoms with Gasteiger partial charge in [-0.15, -0.1) is 0 Å². The number of aliphatic carboxylic acids is 1. The normalized spacial score (nSPS) is 21.8. The molecule has 2 atom stereocenters. The fourth-order valence-corrected chi connectivity index (χ4v) is 3.19. The number of benzene rings is 1. The second-order valence-corrected chi connectivity index (χ2v) is 6.87. The molecule has 1 aromatic carbocycles. The van der Waals surface area contributed by atoms with Crippen molar-refractivity contribution in [2.75, 3.05) is 13.1 Å². The molecule has 1 saturated heterocycles. The fraction of sp³-hybridized carbons (Fsp3) is 0.529. The zero-order valence-electron chi connectivity index (χ0n) is 13.9. The van der Waals surface area contributed by atoms with Crippen molar-refractivity contribution < 1.29 is 23.8 Å². The van der Waals surface area contributed by atoms with E-state index in [4.69, 9.17) is 16.3 Å². The summed E-state index contributed by atoms with van der Waals surface area (Å²) in [6.07, 6.45) is -0.430. The Kier molecular flexibility index (Phi) is 5.38. The van der Waals surface area contributed by atoms with E-state index in [1.165, 1.54) is 17.0 Å². The minimum atomic E-state index is -0.928. The lowest BCUT2D eigenvalue weighted by molar-refractivity contribution is -0.151. The lowest BCUT2D eigenvalue weighted by Gasteiger charge is -2.29. The third-order valence-electron chi connectivity index (χ3n) is 4.69. The summed E-state index contributed by atoms with van der Waals surface area (Å²) in [4.78, 5) is 25.7. The molecule has 0 aromatic heterocycles. The molecule has 2 unspecified atom stereocenters. The van der Waals surface area contributed by atoms with Crippen LogP contribution in [0.5, 0.6) is 5.75 Å². The highest BCUT2D eigenvalue weighted by Crippen LogP contribution is 2.38. The van der Waals surface area contributed by atoms with Crippen molar-refractivity contribution in [3.8, 4) is 5.75 Å². The van der Waals surface area contributed by atoms with E-state index in [1.54, 1.807) is 6.92 Å². The molecule has 132 valence electrons. The highest BCUT2D eigenvalue weighted by molar-refractivity contribution is 6.32. The van der Waals surface area contributed by atoms with Crippen LogP contribution in [0.3, 0.4) is 0 Å². The van der Waals surface area contributed by atoms with E-state index in [0.29, 0.717) is 13.0 Å². The van der Waals surface area contributed by atoms with Crippen LogP contribution >= 0.6 is 11.6 Å². The number of amides is 1. The Morgan fingerprint density at radius 3 is 2.54 bits per heavy atom. The summed E-state index contributed by atoms with van der Waals surface area (Å²) in [5.41, 5.74) is -0.928. The average Bonchev–Trinajstić information content (AvgIpc) is 2.96. The second-order valence-electron chi connectivity index (χ2n) is 6.46. The van der Waals surface area contributed by atoms with Crippen molar-refractivity contribution in [2.45, 2.75) is 33.3 Å². The van der Waals surface area contributed by atoms with E-state index < -0.39 is 23.3 Å². The Bertz CT molecular complexity index is 651. The largest absolute Gasteiger partial charge is 0.481 e. The zero-order valence-corrected chi connectivity index (χ0v) is 14.6. The van der Waals surface area contributed by atoms with Gasteiger partial charge in [0, 0.05) is 13.1 Å². The first-order valence-corrected chi connectivity index (χ1v) is 8.19. The van der Waals surface area contributed by atoms with E-state index in [9.17, 15) is 19.1 Å². The highest BCUT2D eigenvalue weighted by Gasteiger charge is 2.49. The summed E-state index contributed by atoms with van der Waals surface area (Å²) in [6, 6.07) is 3.67. The first-order valence-electron chi connectivity index (χ1n) is 7.81. The van der Waals surface area contributed by atoms with Crippen molar-refractivity contribution >= 4 is 23.5 Å². The predicted molar refractivity (Wildman–Crippen MR) is 87.6 cm³/mol. The van der Waals surface area contributed by atoms with Gasteiger partial charge < -0.3 is 14.7 Å². The maximum absolute atomic E-state index is 13.1. The van der Waals surface area contributed by atoms with Gasteiger partial charge in [-0.3, -0.25) is 9.59 Å². The van der Waals surface area contributed by atoms with Crippen LogP contribution in [0.25, 0.3) is 0 Å². The number of nitrogens with zero attached hydrogens (tertiary/aromatic N) is 1. The van der Waals surface area contributed by atoms with Crippen LogP contribution < -0.4 is 4.74 Å². The standard InChI is InChI=1S/C17H21ClFNO4/c1-10(2)17(16(22)23)6-7-20(9-17)15(21)11(3)24-14-5-4-12(19)8-13(14)18/h4-5,8,10-11H,6-7,9H2,1-3H3,(H,22,23). The molecule has 1 heterocycles. The minimum absolute atomic E-state index is 0.0816. The van der Waals surface area contributed by atoms with Crippen molar-refractivity contribution in [3.05, 3.63) is 29.0 Å². The van der Waals surface area contributed by atoms with E-state index in [1.807, 2.05) is 13.8 Å². The number of carboxylic acid groups (broad SMARTS) is 1. The van der Waals surface area contributed by atoms with Crippen molar-refractivity contribution in [3.63, 3.8) is 0 Å². The first kappa shape index (κ1) is 18.5. The second kappa shape index (κ2) is 6.97. The van der Waals surface area contributed by atoms with Gasteiger partial charge in [-0.25, -0.2) is 4.39 Å². The summed E-state index contributed by atoms with van der Waals surface area (Å²) in [7, 11) is 0. The van der Waals surface area contributed by atoms with E-state index in [-0.39, 0.29) is 29.1 Å². The molecule has 5 nitrogen and oxygen atoms in total. The molecule has 24 heavy (non-hydrogen) atoms. The molecule has 1 fully saturated rings. The number of halogens is 2. The molecule has 1 amide bonds. The third-order valence-corrected chi connectivity index (χ3v) is 4.98. The lowest BCUT2D eigenvalue weighted by Crippen LogP contribution is -2.44. The third kappa shape index (κ3) is 3.48. The predicted octanol–water partition coefficient (Wildman–Crippen LogP) is 3.21. The summed E-state index contributed by atoms with van der Waals surface area (Å²) >= 11 is 5.90. The van der Waals surface area contributed by atoms with Gasteiger partial charge in [-0.2, -0.15) is 0 Å². The molecular weight excluding hydrogens is 337 g/mol. The monoisotopic (exact) mass is 357 g/mol. The average molecular weight is 358 g/mol. The molecule has 1 aliphatic rings. The van der Waals surface area contributed by atoms with Gasteiger partial charge in [0.05, 0.1) is 10.4 Å². The van der Waals surface area contributed by atoms with Crippen molar-refractivity contribution in [1.29, 1.82) is 0 Å². The molecular formula is C17H21ClFNO4. The molecule has 1 aromatic rings. The number of ether oxygens (including phenoxy) is 1. The van der Waals surface area contributed by atoms with E-state index in [0.717, 1.165) is 6.07 Å². The van der Waals surface area contributed by atoms with Gasteiger partial charge >= 0.3 is 5.97 Å². The first-order chi connectivity index (χ1) is 11.2. The van der Waals surface area contributed by atoms with Crippen LogP contribution in [0, 0.1) is 17.2 Å². The maximum Gasteiger partial charge on any atom is 0.311 e. The van der Waals surface area contributed by atoms with Crippen molar-refractivity contribution in [2.24, 2.45) is 11.3 Å². The Labute approximate surface area is 145 Å². The summed E-state index contributed by atoms with van der Waals surface area (Å²) in [5, 5.41) is 9.63. The maximum atomic E-state index is 13.1. The number of likely N-dealkylation sites (tertiary alicyclic amines) is 1. The van der Waals surface area contributed by atoms with Crippen LogP contribution in [0.2, 0.25) is 5.02 Å². The van der Waals surface area contributed by atoms with Crippen LogP contribution in [-0.4, -0.2) is 41.1 Å². The minimum Gasteiger partial charge on any atom is -0.481 e. The molecule has 2 rings (SSSR count). The van der Waals surface area contributed by atoms with Gasteiger partial charge in [0.2, 0.25) is 0 Å². The Morgan fingerprint density at radius 1 is 1.38 bits per heavy atom. The molecule has 0 aliphatic carbocycles. The molecule has 1 N–H and O–H groups in total. The molecule has 0 saturated carbocycles. The Hall–Kier alpha value is -1.82. The molecule has 0 radical (unpaired) electrons. The molecule has 1 aliphatic heterocycles. The number of carbonyl (C=O) groups excluding carboxylic acids is 1. The highest BCUT2D eigenvalue weighted by atomic mass is 35.5. The summed E-state index contributed by atoms with van der Waals surface area (Å²) in [6.45, 7) is 5.79. The molecule has 7 heteroatoms. The van der Waals surface area contributed by atoms with Gasteiger partial charge in [-0.05, 0) is 37.5 Å². The van der Waals surface area contributed by atoms with Gasteiger partial charge in [0.15, 0.2) is 6.10 Å². The van der Waals surface area contributed by atoms with Crippen LogP contribution in [-0.2, 0) is 9.59 Å². The topological polar surface area (TPSA) is 66.8 Å². The zero-order chi connectivity index (χ0) is 18.1. The number of rotatable bonds is 5. The van der Waals surface area contributed by atoms with E-state index >= 15 is 0 Å². The van der Waals surface area contributed by atoms with Gasteiger partial charge in [0.25, 0.3) is 5.91 Å². The van der Waals surface area contributed by atoms with Crippen LogP contribution in [0.15, 0.2) is 18.2 Å². The van der Waals surface area contributed by atoms with Crippen LogP contribution in [0.4, 0.5) is 4.39 Å². The lowest BCUT2D eigenvalue weighted by atomic mass is 9.76. The van der Waals surface area contributed by atoms with Gasteiger partial charge in [-0.1, -0.05) is 25.4 Å². The number of hydrogen-bond acceptors (Lipinski definition) is 3. The van der Waals surface area contributed by atoms with Crippen LogP contribution in [0.1, 0.15) is 27.2 Å². The van der Waals surface area contributed by atoms with Crippen molar-refractivity contribution in [1.82, 2.24) is 4.90 Å². The number of carbonyl (C=O) groups is 2. The van der Waals surface area contributed by atoms with Gasteiger partial charge in [0.1, 0.15) is 11.6 Å². The Morgan fingerprint density at radius 2 is 2.04 bits per heavy atom. The number of carboxylic acids is 1. The summed E-state index contributed by atoms with van der Waals surface area (Å²) < 4.78 is 18.6. The quantitative estimate of drug-likeness (QED) is 0.878. The Balaban J connectivity index is 2.08. The molecule has 0 spiro atoms. The fourth-order valence-electron chi connectivity index (χ4n) is 2.98. The molecule has 0 bridgehead atoms.